The smallest absolute Gasteiger partial charge is 0.329 e. The minimum Gasteiger partial charge on any atom is -0.329 e. The number of anilines is 1. The predicted octanol–water partition coefficient (Wildman–Crippen LogP) is 2.84. The molecule has 1 heterocycles. The van der Waals surface area contributed by atoms with Crippen LogP contribution in [0.1, 0.15) is 5.69 Å². The molecule has 0 aromatic carbocycles. The fraction of sp³-hybridized carbons (Fsp3) is 0.333. The normalized spacial score (nSPS) is 11.1. The van der Waals surface area contributed by atoms with E-state index in [4.69, 9.17) is 0 Å². The molecule has 0 aliphatic heterocycles. The van der Waals surface area contributed by atoms with Gasteiger partial charge in [0.25, 0.3) is 0 Å². The van der Waals surface area contributed by atoms with Gasteiger partial charge in [-0.2, -0.15) is 13.2 Å². The second-order valence-electron chi connectivity index (χ2n) is 3.19. The molecule has 8 heteroatoms. The first-order valence-corrected chi connectivity index (χ1v) is 5.32. The lowest BCUT2D eigenvalue weighted by Gasteiger charge is -2.09. The molecule has 0 saturated heterocycles. The third-order valence-corrected chi connectivity index (χ3v) is 2.55. The van der Waals surface area contributed by atoms with Crippen LogP contribution in [-0.2, 0) is 0 Å². The van der Waals surface area contributed by atoms with Crippen molar-refractivity contribution in [3.05, 3.63) is 22.3 Å². The monoisotopic (exact) mass is 311 g/mol. The highest BCUT2D eigenvalue weighted by atomic mass is 79.9. The number of pyridine rings is 1. The van der Waals surface area contributed by atoms with Crippen molar-refractivity contribution in [1.29, 1.82) is 0 Å². The molecule has 17 heavy (non-hydrogen) atoms. The fourth-order valence-corrected chi connectivity index (χ4v) is 1.18. The molecule has 0 bridgehead atoms. The lowest BCUT2D eigenvalue weighted by Crippen LogP contribution is -2.36. The average molecular weight is 312 g/mol. The molecule has 94 valence electrons. The van der Waals surface area contributed by atoms with Gasteiger partial charge in [-0.05, 0) is 35.0 Å². The SMILES string of the molecule is Cc1nc(NC(=O)NCC(F)(F)F)ccc1Br. The zero-order valence-corrected chi connectivity index (χ0v) is 10.3. The number of nitrogens with zero attached hydrogens (tertiary/aromatic N) is 1. The number of halogens is 4. The second kappa shape index (κ2) is 5.35. The van der Waals surface area contributed by atoms with Crippen molar-refractivity contribution < 1.29 is 18.0 Å². The Balaban J connectivity index is 2.54. The van der Waals surface area contributed by atoms with Crippen molar-refractivity contribution in [2.24, 2.45) is 0 Å². The molecule has 0 atom stereocenters. The van der Waals surface area contributed by atoms with Crippen LogP contribution in [0.25, 0.3) is 0 Å². The summed E-state index contributed by atoms with van der Waals surface area (Å²) < 4.78 is 36.2. The van der Waals surface area contributed by atoms with Gasteiger partial charge in [0.2, 0.25) is 0 Å². The number of hydrogen-bond donors (Lipinski definition) is 2. The highest BCUT2D eigenvalue weighted by Crippen LogP contribution is 2.16. The molecule has 0 radical (unpaired) electrons. The van der Waals surface area contributed by atoms with Crippen LogP contribution in [-0.4, -0.2) is 23.7 Å². The van der Waals surface area contributed by atoms with Crippen LogP contribution in [0, 0.1) is 6.92 Å². The minimum atomic E-state index is -4.43. The van der Waals surface area contributed by atoms with Crippen LogP contribution in [0.5, 0.6) is 0 Å². The van der Waals surface area contributed by atoms with Crippen LogP contribution >= 0.6 is 15.9 Å². The van der Waals surface area contributed by atoms with E-state index in [2.05, 4.69) is 26.2 Å². The molecular weight excluding hydrogens is 303 g/mol. The summed E-state index contributed by atoms with van der Waals surface area (Å²) >= 11 is 3.21. The third-order valence-electron chi connectivity index (χ3n) is 1.71. The summed E-state index contributed by atoms with van der Waals surface area (Å²) in [6.45, 7) is 0.317. The summed E-state index contributed by atoms with van der Waals surface area (Å²) in [5, 5.41) is 3.88. The fourth-order valence-electron chi connectivity index (χ4n) is 0.955. The molecule has 1 aromatic heterocycles. The summed E-state index contributed by atoms with van der Waals surface area (Å²) in [6.07, 6.45) is -4.43. The van der Waals surface area contributed by atoms with Gasteiger partial charge in [-0.1, -0.05) is 0 Å². The number of alkyl halides is 3. The van der Waals surface area contributed by atoms with E-state index in [1.807, 2.05) is 0 Å². The van der Waals surface area contributed by atoms with E-state index in [9.17, 15) is 18.0 Å². The first-order chi connectivity index (χ1) is 7.78. The number of carbonyl (C=O) groups excluding carboxylic acids is 1. The summed E-state index contributed by atoms with van der Waals surface area (Å²) in [5.41, 5.74) is 0.624. The van der Waals surface area contributed by atoms with E-state index >= 15 is 0 Å². The van der Waals surface area contributed by atoms with E-state index in [1.54, 1.807) is 18.3 Å². The Kier molecular flexibility index (Phi) is 4.33. The van der Waals surface area contributed by atoms with E-state index in [1.165, 1.54) is 6.07 Å². The molecular formula is C9H9BrF3N3O. The Labute approximate surface area is 104 Å². The van der Waals surface area contributed by atoms with Gasteiger partial charge in [-0.3, -0.25) is 5.32 Å². The Hall–Kier alpha value is -1.31. The number of urea groups is 1. The lowest BCUT2D eigenvalue weighted by atomic mass is 10.4. The summed E-state index contributed by atoms with van der Waals surface area (Å²) in [7, 11) is 0. The molecule has 4 nitrogen and oxygen atoms in total. The molecule has 1 rings (SSSR count). The van der Waals surface area contributed by atoms with Crippen molar-refractivity contribution >= 4 is 27.8 Å². The molecule has 0 aliphatic carbocycles. The standard InChI is InChI=1S/C9H9BrF3N3O/c1-5-6(10)2-3-7(15-5)16-8(17)14-4-9(11,12)13/h2-3H,4H2,1H3,(H2,14,15,16,17). The van der Waals surface area contributed by atoms with Crippen molar-refractivity contribution in [3.8, 4) is 0 Å². The van der Waals surface area contributed by atoms with Crippen molar-refractivity contribution in [2.75, 3.05) is 11.9 Å². The predicted molar refractivity (Wildman–Crippen MR) is 59.8 cm³/mol. The van der Waals surface area contributed by atoms with E-state index in [0.29, 0.717) is 5.69 Å². The van der Waals surface area contributed by atoms with Gasteiger partial charge in [-0.15, -0.1) is 0 Å². The molecule has 2 N–H and O–H groups in total. The van der Waals surface area contributed by atoms with Gasteiger partial charge in [0.15, 0.2) is 0 Å². The van der Waals surface area contributed by atoms with Gasteiger partial charge in [0.05, 0.1) is 5.69 Å². The maximum atomic E-state index is 11.8. The lowest BCUT2D eigenvalue weighted by molar-refractivity contribution is -0.122. The van der Waals surface area contributed by atoms with Crippen molar-refractivity contribution in [3.63, 3.8) is 0 Å². The van der Waals surface area contributed by atoms with Gasteiger partial charge in [0.1, 0.15) is 12.4 Å². The maximum Gasteiger partial charge on any atom is 0.405 e. The topological polar surface area (TPSA) is 54.0 Å². The van der Waals surface area contributed by atoms with E-state index < -0.39 is 18.8 Å². The average Bonchev–Trinajstić information content (AvgIpc) is 2.20. The maximum absolute atomic E-state index is 11.8. The van der Waals surface area contributed by atoms with Crippen molar-refractivity contribution in [1.82, 2.24) is 10.3 Å². The van der Waals surface area contributed by atoms with Gasteiger partial charge in [-0.25, -0.2) is 9.78 Å². The molecule has 2 amide bonds. The van der Waals surface area contributed by atoms with Gasteiger partial charge < -0.3 is 5.32 Å². The van der Waals surface area contributed by atoms with Crippen LogP contribution < -0.4 is 10.6 Å². The number of rotatable bonds is 2. The first kappa shape index (κ1) is 13.8. The molecule has 0 aliphatic rings. The quantitative estimate of drug-likeness (QED) is 0.882. The molecule has 0 saturated carbocycles. The van der Waals surface area contributed by atoms with Gasteiger partial charge >= 0.3 is 12.2 Å². The number of aryl methyl sites for hydroxylation is 1. The van der Waals surface area contributed by atoms with Crippen LogP contribution in [0.4, 0.5) is 23.8 Å². The van der Waals surface area contributed by atoms with Crippen LogP contribution in [0.2, 0.25) is 0 Å². The number of hydrogen-bond acceptors (Lipinski definition) is 2. The molecule has 0 spiro atoms. The molecule has 0 fully saturated rings. The first-order valence-electron chi connectivity index (χ1n) is 4.53. The molecule has 0 unspecified atom stereocenters. The number of carbonyl (C=O) groups is 1. The van der Waals surface area contributed by atoms with E-state index in [-0.39, 0.29) is 5.82 Å². The Morgan fingerprint density at radius 1 is 1.47 bits per heavy atom. The third kappa shape index (κ3) is 5.03. The van der Waals surface area contributed by atoms with Crippen LogP contribution in [0.3, 0.4) is 0 Å². The number of aromatic nitrogens is 1. The largest absolute Gasteiger partial charge is 0.405 e. The number of amides is 2. The Morgan fingerprint density at radius 3 is 2.65 bits per heavy atom. The van der Waals surface area contributed by atoms with E-state index in [0.717, 1.165) is 4.47 Å². The Bertz CT molecular complexity index is 422. The van der Waals surface area contributed by atoms with Crippen molar-refractivity contribution in [2.45, 2.75) is 13.1 Å². The highest BCUT2D eigenvalue weighted by Gasteiger charge is 2.27. The van der Waals surface area contributed by atoms with Crippen LogP contribution in [0.15, 0.2) is 16.6 Å². The zero-order chi connectivity index (χ0) is 13.1. The second-order valence-corrected chi connectivity index (χ2v) is 4.04. The summed E-state index contributed by atoms with van der Waals surface area (Å²) in [5.74, 6) is 0.186. The minimum absolute atomic E-state index is 0.186. The summed E-state index contributed by atoms with van der Waals surface area (Å²) in [4.78, 5) is 15.0. The highest BCUT2D eigenvalue weighted by molar-refractivity contribution is 9.10. The number of nitrogens with one attached hydrogen (secondary N) is 2. The molecule has 1 aromatic rings. The van der Waals surface area contributed by atoms with Gasteiger partial charge in [0, 0.05) is 4.47 Å². The summed E-state index contributed by atoms with van der Waals surface area (Å²) in [6, 6.07) is 2.17. The zero-order valence-electron chi connectivity index (χ0n) is 8.73. The Morgan fingerprint density at radius 2 is 2.12 bits per heavy atom.